The molecule has 4 aromatic rings. The maximum Gasteiger partial charge on any atom is 0.161 e. The molecule has 0 fully saturated rings. The molecule has 6 nitrogen and oxygen atoms in total. The van der Waals surface area contributed by atoms with Crippen LogP contribution >= 0.6 is 0 Å². The fourth-order valence-corrected chi connectivity index (χ4v) is 5.13. The molecule has 0 saturated carbocycles. The molecule has 6 heteroatoms. The van der Waals surface area contributed by atoms with E-state index in [2.05, 4.69) is 38.1 Å². The minimum Gasteiger partial charge on any atom is -0.493 e. The first-order chi connectivity index (χ1) is 20.4. The van der Waals surface area contributed by atoms with E-state index in [1.807, 2.05) is 54.6 Å². The number of benzene rings is 4. The molecule has 0 aliphatic heterocycles. The van der Waals surface area contributed by atoms with E-state index in [4.69, 9.17) is 18.9 Å². The van der Waals surface area contributed by atoms with Gasteiger partial charge in [-0.05, 0) is 76.8 Å². The van der Waals surface area contributed by atoms with Crippen LogP contribution in [0.15, 0.2) is 84.9 Å². The lowest BCUT2D eigenvalue weighted by Crippen LogP contribution is -2.05. The summed E-state index contributed by atoms with van der Waals surface area (Å²) in [6.45, 7) is 4.27. The van der Waals surface area contributed by atoms with Gasteiger partial charge in [-0.15, -0.1) is 0 Å². The molecule has 222 valence electrons. The SMILES string of the molecule is COc1cc(C=O)c(C(C)Cc2ccccc2)cc1OC.COc1cc(CO)c(C(C)Cc2ccccc2)cc1OC. The molecular weight excluding hydrogens is 528 g/mol. The third kappa shape index (κ3) is 8.37. The van der Waals surface area contributed by atoms with Crippen LogP contribution in [0, 0.1) is 0 Å². The number of aldehydes is 1. The van der Waals surface area contributed by atoms with Gasteiger partial charge in [0.15, 0.2) is 23.0 Å². The quantitative estimate of drug-likeness (QED) is 0.179. The molecule has 0 heterocycles. The van der Waals surface area contributed by atoms with Crippen molar-refractivity contribution in [3.63, 3.8) is 0 Å². The van der Waals surface area contributed by atoms with Gasteiger partial charge < -0.3 is 24.1 Å². The third-order valence-corrected chi connectivity index (χ3v) is 7.36. The van der Waals surface area contributed by atoms with Crippen LogP contribution in [0.2, 0.25) is 0 Å². The molecule has 1 N–H and O–H groups in total. The summed E-state index contributed by atoms with van der Waals surface area (Å²) in [6.07, 6.45) is 2.67. The van der Waals surface area contributed by atoms with Crippen LogP contribution in [0.5, 0.6) is 23.0 Å². The second kappa shape index (κ2) is 16.2. The Kier molecular flexibility index (Phi) is 12.5. The lowest BCUT2D eigenvalue weighted by atomic mass is 9.90. The van der Waals surface area contributed by atoms with E-state index >= 15 is 0 Å². The Bertz CT molecular complexity index is 1400. The highest BCUT2D eigenvalue weighted by Crippen LogP contribution is 2.36. The van der Waals surface area contributed by atoms with Crippen molar-refractivity contribution in [3.8, 4) is 23.0 Å². The normalized spacial score (nSPS) is 11.9. The first-order valence-corrected chi connectivity index (χ1v) is 14.0. The van der Waals surface area contributed by atoms with Crippen LogP contribution in [0.1, 0.15) is 63.9 Å². The van der Waals surface area contributed by atoms with E-state index in [1.165, 1.54) is 11.1 Å². The van der Waals surface area contributed by atoms with Crippen molar-refractivity contribution < 1.29 is 28.8 Å². The monoisotopic (exact) mass is 570 g/mol. The van der Waals surface area contributed by atoms with Gasteiger partial charge in [0.2, 0.25) is 0 Å². The number of rotatable bonds is 12. The topological polar surface area (TPSA) is 74.2 Å². The fraction of sp³-hybridized carbons (Fsp3) is 0.306. The van der Waals surface area contributed by atoms with Gasteiger partial charge in [0.25, 0.3) is 0 Å². The summed E-state index contributed by atoms with van der Waals surface area (Å²) < 4.78 is 21.2. The minimum atomic E-state index is -0.00514. The van der Waals surface area contributed by atoms with Gasteiger partial charge >= 0.3 is 0 Å². The van der Waals surface area contributed by atoms with Crippen molar-refractivity contribution in [1.29, 1.82) is 0 Å². The Morgan fingerprint density at radius 1 is 0.619 bits per heavy atom. The molecule has 0 bridgehead atoms. The van der Waals surface area contributed by atoms with Crippen LogP contribution in [0.4, 0.5) is 0 Å². The highest BCUT2D eigenvalue weighted by Gasteiger charge is 2.17. The summed E-state index contributed by atoms with van der Waals surface area (Å²) in [4.78, 5) is 11.4. The van der Waals surface area contributed by atoms with Gasteiger partial charge in [0, 0.05) is 5.56 Å². The molecule has 2 unspecified atom stereocenters. The molecule has 0 radical (unpaired) electrons. The maximum atomic E-state index is 11.4. The number of carbonyl (C=O) groups is 1. The highest BCUT2D eigenvalue weighted by atomic mass is 16.5. The zero-order valence-corrected chi connectivity index (χ0v) is 25.4. The van der Waals surface area contributed by atoms with E-state index in [0.717, 1.165) is 35.8 Å². The predicted molar refractivity (Wildman–Crippen MR) is 168 cm³/mol. The van der Waals surface area contributed by atoms with Gasteiger partial charge in [-0.2, -0.15) is 0 Å². The van der Waals surface area contributed by atoms with E-state index in [9.17, 15) is 9.90 Å². The largest absolute Gasteiger partial charge is 0.493 e. The average Bonchev–Trinajstić information content (AvgIpc) is 3.04. The van der Waals surface area contributed by atoms with Crippen molar-refractivity contribution >= 4 is 6.29 Å². The number of hydrogen-bond acceptors (Lipinski definition) is 6. The number of ether oxygens (including phenoxy) is 4. The Labute approximate surface area is 249 Å². The number of aliphatic hydroxyl groups excluding tert-OH is 1. The standard InChI is InChI=1S/C18H22O3.C18H20O3/c2*1-13(9-14-7-5-4-6-8-14)16-11-18(21-3)17(20-2)10-15(16)12-19/h4-8,10-11,13,19H,9,12H2,1-3H3;4-8,10-13H,9H2,1-3H3. The van der Waals surface area contributed by atoms with Crippen LogP contribution < -0.4 is 18.9 Å². The van der Waals surface area contributed by atoms with E-state index in [-0.39, 0.29) is 18.4 Å². The second-order valence-corrected chi connectivity index (χ2v) is 10.2. The van der Waals surface area contributed by atoms with Crippen molar-refractivity contribution in [2.75, 3.05) is 28.4 Å². The molecule has 0 spiro atoms. The van der Waals surface area contributed by atoms with E-state index < -0.39 is 0 Å². The van der Waals surface area contributed by atoms with Gasteiger partial charge in [0.05, 0.1) is 35.0 Å². The summed E-state index contributed by atoms with van der Waals surface area (Å²) in [5, 5.41) is 9.62. The van der Waals surface area contributed by atoms with Crippen molar-refractivity contribution in [2.24, 2.45) is 0 Å². The first-order valence-electron chi connectivity index (χ1n) is 14.0. The molecule has 0 amide bonds. The molecule has 0 aliphatic carbocycles. The summed E-state index contributed by atoms with van der Waals surface area (Å²) in [7, 11) is 6.40. The van der Waals surface area contributed by atoms with Gasteiger partial charge in [-0.3, -0.25) is 4.79 Å². The Hall–Kier alpha value is -4.29. The molecule has 0 aliphatic rings. The second-order valence-electron chi connectivity index (χ2n) is 10.2. The number of carbonyl (C=O) groups excluding carboxylic acids is 1. The van der Waals surface area contributed by atoms with Gasteiger partial charge in [0.1, 0.15) is 6.29 Å². The summed E-state index contributed by atoms with van der Waals surface area (Å²) in [5.74, 6) is 3.08. The van der Waals surface area contributed by atoms with Crippen LogP contribution in [0.3, 0.4) is 0 Å². The third-order valence-electron chi connectivity index (χ3n) is 7.36. The Morgan fingerprint density at radius 3 is 1.45 bits per heavy atom. The van der Waals surface area contributed by atoms with Crippen molar-refractivity contribution in [3.05, 3.63) is 118 Å². The molecule has 42 heavy (non-hydrogen) atoms. The lowest BCUT2D eigenvalue weighted by molar-refractivity contribution is 0.112. The Morgan fingerprint density at radius 2 is 1.02 bits per heavy atom. The van der Waals surface area contributed by atoms with Gasteiger partial charge in [-0.25, -0.2) is 0 Å². The summed E-state index contributed by atoms with van der Waals surface area (Å²) >= 11 is 0. The zero-order valence-electron chi connectivity index (χ0n) is 25.4. The average molecular weight is 571 g/mol. The predicted octanol–water partition coefficient (Wildman–Crippen LogP) is 7.40. The van der Waals surface area contributed by atoms with Crippen LogP contribution in [0.25, 0.3) is 0 Å². The first kappa shape index (κ1) is 32.2. The summed E-state index contributed by atoms with van der Waals surface area (Å²) in [5.41, 5.74) is 6.14. The van der Waals surface area contributed by atoms with Crippen LogP contribution in [-0.4, -0.2) is 39.8 Å². The molecule has 2 atom stereocenters. The molecule has 0 saturated heterocycles. The number of methoxy groups -OCH3 is 4. The molecule has 4 rings (SSSR count). The van der Waals surface area contributed by atoms with Crippen molar-refractivity contribution in [1.82, 2.24) is 0 Å². The van der Waals surface area contributed by atoms with E-state index in [1.54, 1.807) is 34.5 Å². The fourth-order valence-electron chi connectivity index (χ4n) is 5.13. The molecular formula is C36H42O6. The smallest absolute Gasteiger partial charge is 0.161 e. The van der Waals surface area contributed by atoms with Gasteiger partial charge in [-0.1, -0.05) is 74.5 Å². The lowest BCUT2D eigenvalue weighted by Gasteiger charge is -2.19. The highest BCUT2D eigenvalue weighted by molar-refractivity contribution is 5.79. The zero-order chi connectivity index (χ0) is 30.5. The van der Waals surface area contributed by atoms with Crippen LogP contribution in [-0.2, 0) is 19.4 Å². The van der Waals surface area contributed by atoms with E-state index in [0.29, 0.717) is 28.6 Å². The van der Waals surface area contributed by atoms with Crippen molar-refractivity contribution in [2.45, 2.75) is 45.1 Å². The minimum absolute atomic E-state index is 0.00514. The Balaban J connectivity index is 0.000000230. The maximum absolute atomic E-state index is 11.4. The molecule has 0 aromatic heterocycles. The number of aliphatic hydroxyl groups is 1. The molecule has 4 aromatic carbocycles. The number of hydrogen-bond donors (Lipinski definition) is 1. The summed E-state index contributed by atoms with van der Waals surface area (Å²) in [6, 6.07) is 28.1.